The maximum absolute atomic E-state index is 12.3. The molecule has 1 fully saturated rings. The van der Waals surface area contributed by atoms with E-state index in [9.17, 15) is 9.59 Å². The molecule has 1 aliphatic rings. The van der Waals surface area contributed by atoms with E-state index in [1.54, 1.807) is 30.5 Å². The number of carbonyl (C=O) groups is 2. The first-order valence-corrected chi connectivity index (χ1v) is 8.25. The molecule has 0 aromatic heterocycles. The zero-order valence-corrected chi connectivity index (χ0v) is 13.8. The Morgan fingerprint density at radius 3 is 2.86 bits per heavy atom. The summed E-state index contributed by atoms with van der Waals surface area (Å²) in [7, 11) is 0. The minimum absolute atomic E-state index is 0.00871. The van der Waals surface area contributed by atoms with Gasteiger partial charge in [-0.15, -0.1) is 11.8 Å². The van der Waals surface area contributed by atoms with Crippen molar-refractivity contribution in [2.75, 3.05) is 18.8 Å². The van der Waals surface area contributed by atoms with Gasteiger partial charge in [0.15, 0.2) is 0 Å². The number of nitrogens with zero attached hydrogens (tertiary/aromatic N) is 1. The van der Waals surface area contributed by atoms with Crippen LogP contribution in [0.2, 0.25) is 5.02 Å². The molecule has 0 aliphatic carbocycles. The Morgan fingerprint density at radius 2 is 2.14 bits per heavy atom. The van der Waals surface area contributed by atoms with Crippen molar-refractivity contribution in [1.29, 1.82) is 0 Å². The number of hydrogen-bond acceptors (Lipinski definition) is 3. The summed E-state index contributed by atoms with van der Waals surface area (Å²) in [4.78, 5) is 26.8. The molecule has 0 spiro atoms. The molecule has 1 heterocycles. The molecule has 0 radical (unpaired) electrons. The molecule has 0 bridgehead atoms. The van der Waals surface area contributed by atoms with Crippen LogP contribution in [-0.4, -0.2) is 41.1 Å². The van der Waals surface area contributed by atoms with Gasteiger partial charge in [0.2, 0.25) is 11.8 Å². The molecule has 6 heteroatoms. The zero-order chi connectivity index (χ0) is 15.5. The highest BCUT2D eigenvalue weighted by molar-refractivity contribution is 7.99. The van der Waals surface area contributed by atoms with Gasteiger partial charge < -0.3 is 10.2 Å². The zero-order valence-electron chi connectivity index (χ0n) is 12.2. The van der Waals surface area contributed by atoms with Crippen LogP contribution in [0, 0.1) is 0 Å². The molecule has 0 atom stereocenters. The summed E-state index contributed by atoms with van der Waals surface area (Å²) in [6.45, 7) is 4.64. The molecule has 1 N–H and O–H groups in total. The van der Waals surface area contributed by atoms with Crippen molar-refractivity contribution in [2.45, 2.75) is 30.7 Å². The van der Waals surface area contributed by atoms with Crippen molar-refractivity contribution < 1.29 is 9.59 Å². The molecule has 0 unspecified atom stereocenters. The lowest BCUT2D eigenvalue weighted by atomic mass is 9.98. The molecule has 0 saturated carbocycles. The molecular formula is C15H19ClN2O2S. The SMILES string of the molecule is CC1(C)C(=O)NCCN1C(=O)CCSc1ccccc1Cl. The van der Waals surface area contributed by atoms with E-state index in [-0.39, 0.29) is 11.8 Å². The van der Waals surface area contributed by atoms with E-state index in [0.29, 0.717) is 30.3 Å². The lowest BCUT2D eigenvalue weighted by Crippen LogP contribution is -2.63. The summed E-state index contributed by atoms with van der Waals surface area (Å²) in [6.07, 6.45) is 0.395. The fourth-order valence-corrected chi connectivity index (χ4v) is 3.46. The standard InChI is InChI=1S/C15H19ClN2O2S/c1-15(2)14(20)17-8-9-18(15)13(19)7-10-21-12-6-4-3-5-11(12)16/h3-6H,7-10H2,1-2H3,(H,17,20). The number of nitrogens with one attached hydrogen (secondary N) is 1. The summed E-state index contributed by atoms with van der Waals surface area (Å²) in [6, 6.07) is 7.58. The molecule has 1 aromatic rings. The second kappa shape index (κ2) is 6.71. The number of piperazine rings is 1. The molecule has 114 valence electrons. The Morgan fingerprint density at radius 1 is 1.43 bits per heavy atom. The van der Waals surface area contributed by atoms with Gasteiger partial charge in [0, 0.05) is 30.2 Å². The van der Waals surface area contributed by atoms with E-state index in [2.05, 4.69) is 5.32 Å². The molecule has 1 aliphatic heterocycles. The van der Waals surface area contributed by atoms with Crippen molar-refractivity contribution in [3.8, 4) is 0 Å². The number of hydrogen-bond donors (Lipinski definition) is 1. The van der Waals surface area contributed by atoms with E-state index in [0.717, 1.165) is 4.90 Å². The summed E-state index contributed by atoms with van der Waals surface area (Å²) in [5, 5.41) is 3.49. The van der Waals surface area contributed by atoms with E-state index < -0.39 is 5.54 Å². The van der Waals surface area contributed by atoms with Crippen molar-refractivity contribution in [3.05, 3.63) is 29.3 Å². The minimum atomic E-state index is -0.773. The van der Waals surface area contributed by atoms with Crippen LogP contribution >= 0.6 is 23.4 Å². The van der Waals surface area contributed by atoms with Crippen LogP contribution < -0.4 is 5.32 Å². The Kier molecular flexibility index (Phi) is 5.17. The second-order valence-electron chi connectivity index (χ2n) is 5.39. The van der Waals surface area contributed by atoms with Gasteiger partial charge in [-0.2, -0.15) is 0 Å². The van der Waals surface area contributed by atoms with Gasteiger partial charge in [-0.25, -0.2) is 0 Å². The Bertz CT molecular complexity index is 548. The average molecular weight is 327 g/mol. The largest absolute Gasteiger partial charge is 0.352 e. The number of benzene rings is 1. The number of halogens is 1. The first kappa shape index (κ1) is 16.2. The monoisotopic (exact) mass is 326 g/mol. The van der Waals surface area contributed by atoms with Crippen LogP contribution in [0.1, 0.15) is 20.3 Å². The third-order valence-corrected chi connectivity index (χ3v) is 5.08. The highest BCUT2D eigenvalue weighted by Crippen LogP contribution is 2.27. The van der Waals surface area contributed by atoms with Gasteiger partial charge in [0.05, 0.1) is 5.02 Å². The van der Waals surface area contributed by atoms with Crippen molar-refractivity contribution in [3.63, 3.8) is 0 Å². The molecule has 2 rings (SSSR count). The third kappa shape index (κ3) is 3.71. The summed E-state index contributed by atoms with van der Waals surface area (Å²) >= 11 is 7.64. The second-order valence-corrected chi connectivity index (χ2v) is 6.93. The Balaban J connectivity index is 1.90. The van der Waals surface area contributed by atoms with Gasteiger partial charge in [0.25, 0.3) is 0 Å². The highest BCUT2D eigenvalue weighted by Gasteiger charge is 2.39. The fourth-order valence-electron chi connectivity index (χ4n) is 2.28. The van der Waals surface area contributed by atoms with Crippen LogP contribution in [0.3, 0.4) is 0 Å². The third-order valence-electron chi connectivity index (χ3n) is 3.56. The lowest BCUT2D eigenvalue weighted by Gasteiger charge is -2.41. The average Bonchev–Trinajstić information content (AvgIpc) is 2.43. The van der Waals surface area contributed by atoms with E-state index in [1.807, 2.05) is 24.3 Å². The number of rotatable bonds is 4. The summed E-state index contributed by atoms with van der Waals surface area (Å²) < 4.78 is 0. The number of thioether (sulfide) groups is 1. The van der Waals surface area contributed by atoms with Crippen LogP contribution in [0.4, 0.5) is 0 Å². The minimum Gasteiger partial charge on any atom is -0.352 e. The maximum atomic E-state index is 12.3. The van der Waals surface area contributed by atoms with Gasteiger partial charge in [0.1, 0.15) is 5.54 Å². The van der Waals surface area contributed by atoms with Gasteiger partial charge >= 0.3 is 0 Å². The Labute approximate surface area is 134 Å². The quantitative estimate of drug-likeness (QED) is 0.865. The summed E-state index contributed by atoms with van der Waals surface area (Å²) in [5.41, 5.74) is -0.773. The molecule has 21 heavy (non-hydrogen) atoms. The molecule has 4 nitrogen and oxygen atoms in total. The fraction of sp³-hybridized carbons (Fsp3) is 0.467. The van der Waals surface area contributed by atoms with Crippen LogP contribution in [-0.2, 0) is 9.59 Å². The summed E-state index contributed by atoms with van der Waals surface area (Å²) in [5.74, 6) is 0.562. The van der Waals surface area contributed by atoms with E-state index >= 15 is 0 Å². The molecule has 2 amide bonds. The van der Waals surface area contributed by atoms with Crippen molar-refractivity contribution in [1.82, 2.24) is 10.2 Å². The molecular weight excluding hydrogens is 308 g/mol. The number of carbonyl (C=O) groups excluding carboxylic acids is 2. The maximum Gasteiger partial charge on any atom is 0.245 e. The highest BCUT2D eigenvalue weighted by atomic mass is 35.5. The predicted octanol–water partition coefficient (Wildman–Crippen LogP) is 2.56. The smallest absolute Gasteiger partial charge is 0.245 e. The lowest BCUT2D eigenvalue weighted by molar-refractivity contribution is -0.148. The van der Waals surface area contributed by atoms with Crippen molar-refractivity contribution in [2.24, 2.45) is 0 Å². The van der Waals surface area contributed by atoms with Crippen LogP contribution in [0.15, 0.2) is 29.2 Å². The van der Waals surface area contributed by atoms with E-state index in [4.69, 9.17) is 11.6 Å². The topological polar surface area (TPSA) is 49.4 Å². The van der Waals surface area contributed by atoms with Gasteiger partial charge in [-0.3, -0.25) is 9.59 Å². The first-order chi connectivity index (χ1) is 9.93. The predicted molar refractivity (Wildman–Crippen MR) is 85.6 cm³/mol. The van der Waals surface area contributed by atoms with Crippen LogP contribution in [0.25, 0.3) is 0 Å². The molecule has 1 saturated heterocycles. The normalized spacial score (nSPS) is 17.5. The van der Waals surface area contributed by atoms with Crippen molar-refractivity contribution >= 4 is 35.2 Å². The number of amides is 2. The van der Waals surface area contributed by atoms with Gasteiger partial charge in [-0.05, 0) is 26.0 Å². The van der Waals surface area contributed by atoms with Crippen LogP contribution in [0.5, 0.6) is 0 Å². The van der Waals surface area contributed by atoms with E-state index in [1.165, 1.54) is 0 Å². The Hall–Kier alpha value is -1.20. The van der Waals surface area contributed by atoms with Gasteiger partial charge in [-0.1, -0.05) is 23.7 Å². The first-order valence-electron chi connectivity index (χ1n) is 6.89. The molecule has 1 aromatic carbocycles.